The van der Waals surface area contributed by atoms with Gasteiger partial charge in [0.2, 0.25) is 5.95 Å². The molecule has 0 radical (unpaired) electrons. The summed E-state index contributed by atoms with van der Waals surface area (Å²) in [5, 5.41) is 19.8. The van der Waals surface area contributed by atoms with Crippen LogP contribution in [0.4, 0.5) is 17.6 Å². The van der Waals surface area contributed by atoms with E-state index in [4.69, 9.17) is 16.5 Å². The minimum atomic E-state index is -0.508. The van der Waals surface area contributed by atoms with Crippen LogP contribution in [-0.4, -0.2) is 29.7 Å². The number of nitrogen functional groups attached to an aromatic ring is 2. The van der Waals surface area contributed by atoms with Crippen molar-refractivity contribution in [1.29, 1.82) is 5.26 Å². The van der Waals surface area contributed by atoms with Gasteiger partial charge in [0, 0.05) is 10.7 Å². The van der Waals surface area contributed by atoms with Gasteiger partial charge in [-0.1, -0.05) is 13.0 Å². The largest absolute Gasteiger partial charge is 0.382 e. The second-order valence-corrected chi connectivity index (χ2v) is 7.46. The molecule has 31 heavy (non-hydrogen) atoms. The first-order valence-corrected chi connectivity index (χ1v) is 10.0. The minimum absolute atomic E-state index is 0.0324. The van der Waals surface area contributed by atoms with Crippen molar-refractivity contribution >= 4 is 44.4 Å². The van der Waals surface area contributed by atoms with Crippen LogP contribution in [0.25, 0.3) is 16.6 Å². The fraction of sp³-hybridized carbons (Fsp3) is 0.158. The summed E-state index contributed by atoms with van der Waals surface area (Å²) in [5.74, 6) is 0.479. The molecule has 4 rings (SSSR count). The molecule has 0 saturated heterocycles. The summed E-state index contributed by atoms with van der Waals surface area (Å²) in [6.45, 7) is 1.91. The third-order valence-electron chi connectivity index (χ3n) is 4.71. The molecule has 0 spiro atoms. The topological polar surface area (TPSA) is 177 Å². The van der Waals surface area contributed by atoms with E-state index in [1.54, 1.807) is 24.4 Å². The van der Waals surface area contributed by atoms with E-state index in [0.717, 1.165) is 0 Å². The Labute approximate surface area is 184 Å². The van der Waals surface area contributed by atoms with E-state index in [9.17, 15) is 10.1 Å². The van der Waals surface area contributed by atoms with Crippen molar-refractivity contribution in [1.82, 2.24) is 29.7 Å². The normalized spacial score (nSPS) is 11.9. The van der Waals surface area contributed by atoms with E-state index >= 15 is 0 Å². The molecular formula is C19H17BrN10O. The maximum Gasteiger partial charge on any atom is 0.267 e. The smallest absolute Gasteiger partial charge is 0.267 e. The number of nitrogens with zero attached hydrogens (tertiary/aromatic N) is 6. The maximum absolute atomic E-state index is 13.5. The lowest BCUT2D eigenvalue weighted by molar-refractivity contribution is 0.658. The second kappa shape index (κ2) is 8.04. The zero-order chi connectivity index (χ0) is 22.1. The zero-order valence-corrected chi connectivity index (χ0v) is 17.9. The van der Waals surface area contributed by atoms with Crippen LogP contribution in [0.1, 0.15) is 30.8 Å². The van der Waals surface area contributed by atoms with Gasteiger partial charge >= 0.3 is 0 Å². The summed E-state index contributed by atoms with van der Waals surface area (Å²) in [6.07, 6.45) is 3.64. The van der Waals surface area contributed by atoms with Crippen LogP contribution in [-0.2, 0) is 0 Å². The van der Waals surface area contributed by atoms with Crippen LogP contribution < -0.4 is 22.3 Å². The number of rotatable bonds is 5. The molecule has 4 aromatic rings. The van der Waals surface area contributed by atoms with Crippen molar-refractivity contribution in [3.63, 3.8) is 0 Å². The highest BCUT2D eigenvalue weighted by Crippen LogP contribution is 2.28. The van der Waals surface area contributed by atoms with Gasteiger partial charge in [-0.05, 0) is 34.5 Å². The molecule has 0 aliphatic carbocycles. The summed E-state index contributed by atoms with van der Waals surface area (Å²) >= 11 is 3.44. The molecule has 0 saturated carbocycles. The van der Waals surface area contributed by atoms with Crippen LogP contribution in [0, 0.1) is 11.3 Å². The molecule has 3 aromatic heterocycles. The number of H-pyrrole nitrogens is 1. The van der Waals surface area contributed by atoms with Gasteiger partial charge in [0.1, 0.15) is 23.3 Å². The number of halogens is 1. The number of aromatic nitrogens is 6. The summed E-state index contributed by atoms with van der Waals surface area (Å²) in [4.78, 5) is 26.2. The Balaban J connectivity index is 1.95. The number of nitrogens with two attached hydrogens (primary N) is 2. The lowest BCUT2D eigenvalue weighted by atomic mass is 10.1. The van der Waals surface area contributed by atoms with E-state index in [1.165, 1.54) is 10.8 Å². The Hall–Kier alpha value is -3.98. The van der Waals surface area contributed by atoms with E-state index in [2.05, 4.69) is 41.4 Å². The van der Waals surface area contributed by atoms with Gasteiger partial charge in [0.05, 0.1) is 28.8 Å². The van der Waals surface area contributed by atoms with Gasteiger partial charge in [-0.15, -0.1) is 0 Å². The quantitative estimate of drug-likeness (QED) is 0.333. The molecule has 0 amide bonds. The molecule has 1 atom stereocenters. The van der Waals surface area contributed by atoms with Crippen molar-refractivity contribution in [2.45, 2.75) is 19.4 Å². The van der Waals surface area contributed by atoms with E-state index in [0.29, 0.717) is 33.3 Å². The number of benzene rings is 1. The third kappa shape index (κ3) is 3.55. The highest BCUT2D eigenvalue weighted by atomic mass is 79.9. The van der Waals surface area contributed by atoms with Gasteiger partial charge in [0.15, 0.2) is 5.82 Å². The fourth-order valence-corrected chi connectivity index (χ4v) is 3.81. The summed E-state index contributed by atoms with van der Waals surface area (Å²) in [5.41, 5.74) is 12.4. The molecule has 1 unspecified atom stereocenters. The molecular weight excluding hydrogens is 464 g/mol. The Morgan fingerprint density at radius 1 is 1.32 bits per heavy atom. The fourth-order valence-electron chi connectivity index (χ4n) is 3.28. The Morgan fingerprint density at radius 2 is 2.13 bits per heavy atom. The summed E-state index contributed by atoms with van der Waals surface area (Å²) < 4.78 is 2.10. The van der Waals surface area contributed by atoms with Crippen molar-refractivity contribution in [2.75, 3.05) is 16.8 Å². The van der Waals surface area contributed by atoms with Gasteiger partial charge in [-0.3, -0.25) is 14.5 Å². The molecule has 3 heterocycles. The molecule has 6 N–H and O–H groups in total. The maximum atomic E-state index is 13.5. The molecule has 0 bridgehead atoms. The molecule has 0 aliphatic heterocycles. The Bertz CT molecular complexity index is 1370. The van der Waals surface area contributed by atoms with Crippen LogP contribution in [0.15, 0.2) is 39.9 Å². The number of nitrogens with one attached hydrogen (secondary N) is 2. The first kappa shape index (κ1) is 20.3. The Kier molecular flexibility index (Phi) is 5.26. The second-order valence-electron chi connectivity index (χ2n) is 6.61. The average molecular weight is 481 g/mol. The molecule has 11 nitrogen and oxygen atoms in total. The standard InChI is InChI=1S/C19H17BrN10O/c1-2-12(26-16-10(6-21)15(22)28-19(23)29-16)17-27-13-5-3-4-11(20)14(13)18(31)30(17)9-7-24-25-8-9/h3-5,7-8,12H,2H2,1H3,(H,24,25)(H5,22,23,26,28,29). The molecule has 1 aromatic carbocycles. The monoisotopic (exact) mass is 480 g/mol. The molecule has 0 aliphatic rings. The molecule has 12 heteroatoms. The van der Waals surface area contributed by atoms with E-state index < -0.39 is 6.04 Å². The molecule has 156 valence electrons. The number of hydrogen-bond acceptors (Lipinski definition) is 9. The van der Waals surface area contributed by atoms with Crippen molar-refractivity contribution in [3.8, 4) is 11.8 Å². The first-order valence-electron chi connectivity index (χ1n) is 9.24. The van der Waals surface area contributed by atoms with Gasteiger partial charge in [0.25, 0.3) is 5.56 Å². The minimum Gasteiger partial charge on any atom is -0.382 e. The van der Waals surface area contributed by atoms with Crippen LogP contribution in [0.2, 0.25) is 0 Å². The average Bonchev–Trinajstić information content (AvgIpc) is 3.25. The highest BCUT2D eigenvalue weighted by Gasteiger charge is 2.23. The summed E-state index contributed by atoms with van der Waals surface area (Å²) in [7, 11) is 0. The van der Waals surface area contributed by atoms with Gasteiger partial charge in [-0.2, -0.15) is 20.3 Å². The van der Waals surface area contributed by atoms with E-state index in [-0.39, 0.29) is 28.7 Å². The number of nitriles is 1. The van der Waals surface area contributed by atoms with E-state index in [1.807, 2.05) is 13.0 Å². The predicted molar refractivity (Wildman–Crippen MR) is 119 cm³/mol. The van der Waals surface area contributed by atoms with Crippen molar-refractivity contribution < 1.29 is 0 Å². The number of fused-ring (bicyclic) bond motifs is 1. The first-order chi connectivity index (χ1) is 14.9. The SMILES string of the molecule is CCC(Nc1nc(N)nc(N)c1C#N)c1nc2cccc(Br)c2c(=O)n1-c1cn[nH]c1. The highest BCUT2D eigenvalue weighted by molar-refractivity contribution is 9.10. The van der Waals surface area contributed by atoms with Crippen LogP contribution in [0.3, 0.4) is 0 Å². The predicted octanol–water partition coefficient (Wildman–Crippen LogP) is 2.26. The lowest BCUT2D eigenvalue weighted by Gasteiger charge is -2.22. The number of anilines is 3. The zero-order valence-electron chi connectivity index (χ0n) is 16.3. The van der Waals surface area contributed by atoms with Crippen LogP contribution in [0.5, 0.6) is 0 Å². The Morgan fingerprint density at radius 3 is 2.81 bits per heavy atom. The third-order valence-corrected chi connectivity index (χ3v) is 5.37. The van der Waals surface area contributed by atoms with Gasteiger partial charge < -0.3 is 16.8 Å². The van der Waals surface area contributed by atoms with Gasteiger partial charge in [-0.25, -0.2) is 4.98 Å². The summed E-state index contributed by atoms with van der Waals surface area (Å²) in [6, 6.07) is 6.83. The van der Waals surface area contributed by atoms with Crippen molar-refractivity contribution in [2.24, 2.45) is 0 Å². The van der Waals surface area contributed by atoms with Crippen molar-refractivity contribution in [3.05, 3.63) is 56.8 Å². The number of hydrogen-bond donors (Lipinski definition) is 4. The molecule has 0 fully saturated rings. The van der Waals surface area contributed by atoms with Crippen LogP contribution >= 0.6 is 15.9 Å². The number of aromatic amines is 1. The lowest BCUT2D eigenvalue weighted by Crippen LogP contribution is -2.28.